The number of esters is 1. The number of ether oxygens (including phenoxy) is 1. The normalized spacial score (nSPS) is 10.5. The first kappa shape index (κ1) is 11.5. The second-order valence-electron chi connectivity index (χ2n) is 4.01. The van der Waals surface area contributed by atoms with Crippen molar-refractivity contribution < 1.29 is 13.9 Å². The van der Waals surface area contributed by atoms with Crippen LogP contribution in [0.15, 0.2) is 47.1 Å². The van der Waals surface area contributed by atoms with Crippen molar-refractivity contribution in [2.45, 2.75) is 20.0 Å². The van der Waals surface area contributed by atoms with Crippen LogP contribution in [0.5, 0.6) is 0 Å². The molecule has 0 aliphatic carbocycles. The second-order valence-corrected chi connectivity index (χ2v) is 4.01. The van der Waals surface area contributed by atoms with Crippen LogP contribution in [0, 0.1) is 0 Å². The highest BCUT2D eigenvalue weighted by Gasteiger charge is 2.09. The Morgan fingerprint density at radius 2 is 1.88 bits per heavy atom. The molecule has 1 heterocycles. The molecule has 88 valence electrons. The molecular weight excluding hydrogens is 216 g/mol. The van der Waals surface area contributed by atoms with Crippen molar-refractivity contribution in [3.8, 4) is 11.3 Å². The van der Waals surface area contributed by atoms with Gasteiger partial charge in [0.05, 0.1) is 17.9 Å². The fourth-order valence-electron chi connectivity index (χ4n) is 1.50. The van der Waals surface area contributed by atoms with E-state index in [2.05, 4.69) is 0 Å². The van der Waals surface area contributed by atoms with E-state index in [0.29, 0.717) is 5.56 Å². The molecule has 0 saturated carbocycles. The van der Waals surface area contributed by atoms with Crippen LogP contribution in [0.2, 0.25) is 0 Å². The highest BCUT2D eigenvalue weighted by Crippen LogP contribution is 2.20. The molecule has 0 aliphatic heterocycles. The van der Waals surface area contributed by atoms with E-state index in [4.69, 9.17) is 9.15 Å². The highest BCUT2D eigenvalue weighted by molar-refractivity contribution is 5.90. The molecule has 0 saturated heterocycles. The minimum Gasteiger partial charge on any atom is -0.464 e. The molecule has 0 aliphatic rings. The van der Waals surface area contributed by atoms with Crippen LogP contribution < -0.4 is 0 Å². The van der Waals surface area contributed by atoms with Crippen LogP contribution in [0.1, 0.15) is 24.2 Å². The van der Waals surface area contributed by atoms with Crippen molar-refractivity contribution in [3.05, 3.63) is 48.2 Å². The summed E-state index contributed by atoms with van der Waals surface area (Å²) in [5.74, 6) is 0.486. The molecule has 17 heavy (non-hydrogen) atoms. The minimum atomic E-state index is -0.300. The number of rotatable bonds is 3. The van der Waals surface area contributed by atoms with Crippen molar-refractivity contribution in [1.29, 1.82) is 0 Å². The zero-order valence-electron chi connectivity index (χ0n) is 9.84. The van der Waals surface area contributed by atoms with Crippen LogP contribution in [-0.2, 0) is 4.74 Å². The highest BCUT2D eigenvalue weighted by atomic mass is 16.5. The van der Waals surface area contributed by atoms with Gasteiger partial charge in [-0.25, -0.2) is 4.79 Å². The first-order valence-electron chi connectivity index (χ1n) is 5.52. The third kappa shape index (κ3) is 2.75. The summed E-state index contributed by atoms with van der Waals surface area (Å²) in [5, 5.41) is 0. The number of carbonyl (C=O) groups excluding carboxylic acids is 1. The van der Waals surface area contributed by atoms with Gasteiger partial charge in [-0.15, -0.1) is 0 Å². The third-order valence-electron chi connectivity index (χ3n) is 2.27. The molecule has 0 atom stereocenters. The quantitative estimate of drug-likeness (QED) is 0.757. The fourth-order valence-corrected chi connectivity index (χ4v) is 1.50. The summed E-state index contributed by atoms with van der Waals surface area (Å²) in [6.45, 7) is 3.66. The lowest BCUT2D eigenvalue weighted by atomic mass is 10.1. The zero-order valence-corrected chi connectivity index (χ0v) is 9.84. The first-order valence-corrected chi connectivity index (χ1v) is 5.52. The van der Waals surface area contributed by atoms with Crippen LogP contribution >= 0.6 is 0 Å². The maximum atomic E-state index is 11.6. The fraction of sp³-hybridized carbons (Fsp3) is 0.214. The van der Waals surface area contributed by atoms with Gasteiger partial charge in [0.25, 0.3) is 0 Å². The smallest absolute Gasteiger partial charge is 0.338 e. The van der Waals surface area contributed by atoms with Crippen LogP contribution in [0.4, 0.5) is 0 Å². The monoisotopic (exact) mass is 230 g/mol. The van der Waals surface area contributed by atoms with E-state index >= 15 is 0 Å². The van der Waals surface area contributed by atoms with Crippen molar-refractivity contribution in [3.63, 3.8) is 0 Å². The maximum absolute atomic E-state index is 11.6. The first-order chi connectivity index (χ1) is 8.16. The molecule has 2 rings (SSSR count). The van der Waals surface area contributed by atoms with Gasteiger partial charge in [-0.3, -0.25) is 0 Å². The van der Waals surface area contributed by atoms with Gasteiger partial charge in [0, 0.05) is 5.56 Å². The third-order valence-corrected chi connectivity index (χ3v) is 2.27. The predicted octanol–water partition coefficient (Wildman–Crippen LogP) is 3.51. The molecule has 0 N–H and O–H groups in total. The van der Waals surface area contributed by atoms with E-state index < -0.39 is 0 Å². The molecule has 3 heteroatoms. The van der Waals surface area contributed by atoms with E-state index in [0.717, 1.165) is 11.3 Å². The Bertz CT molecular complexity index is 481. The van der Waals surface area contributed by atoms with Gasteiger partial charge >= 0.3 is 5.97 Å². The Morgan fingerprint density at radius 3 is 2.41 bits per heavy atom. The van der Waals surface area contributed by atoms with Gasteiger partial charge in [-0.1, -0.05) is 12.1 Å². The Labute approximate surface area is 100 Å². The number of benzene rings is 1. The van der Waals surface area contributed by atoms with Gasteiger partial charge in [0.15, 0.2) is 0 Å². The molecule has 1 aromatic heterocycles. The molecular formula is C14H14O3. The zero-order chi connectivity index (χ0) is 12.3. The summed E-state index contributed by atoms with van der Waals surface area (Å²) < 4.78 is 10.4. The van der Waals surface area contributed by atoms with E-state index in [1.54, 1.807) is 18.4 Å². The summed E-state index contributed by atoms with van der Waals surface area (Å²) >= 11 is 0. The SMILES string of the molecule is CC(C)OC(=O)c1ccc(-c2ccco2)cc1. The lowest BCUT2D eigenvalue weighted by Gasteiger charge is -2.07. The average molecular weight is 230 g/mol. The Morgan fingerprint density at radius 1 is 1.18 bits per heavy atom. The van der Waals surface area contributed by atoms with Gasteiger partial charge in [-0.05, 0) is 38.1 Å². The van der Waals surface area contributed by atoms with Gasteiger partial charge in [-0.2, -0.15) is 0 Å². The number of hydrogen-bond acceptors (Lipinski definition) is 3. The molecule has 1 aromatic carbocycles. The van der Waals surface area contributed by atoms with Crippen molar-refractivity contribution in [2.24, 2.45) is 0 Å². The molecule has 0 fully saturated rings. The van der Waals surface area contributed by atoms with Crippen LogP contribution in [-0.4, -0.2) is 12.1 Å². The minimum absolute atomic E-state index is 0.104. The van der Waals surface area contributed by atoms with Gasteiger partial charge in [0.2, 0.25) is 0 Å². The maximum Gasteiger partial charge on any atom is 0.338 e. The summed E-state index contributed by atoms with van der Waals surface area (Å²) in [5.41, 5.74) is 1.49. The van der Waals surface area contributed by atoms with E-state index in [-0.39, 0.29) is 12.1 Å². The Balaban J connectivity index is 2.16. The van der Waals surface area contributed by atoms with Crippen molar-refractivity contribution >= 4 is 5.97 Å². The molecule has 2 aromatic rings. The topological polar surface area (TPSA) is 39.4 Å². The predicted molar refractivity (Wildman–Crippen MR) is 64.7 cm³/mol. The number of hydrogen-bond donors (Lipinski definition) is 0. The lowest BCUT2D eigenvalue weighted by molar-refractivity contribution is 0.0378. The van der Waals surface area contributed by atoms with Gasteiger partial charge < -0.3 is 9.15 Å². The molecule has 0 amide bonds. The molecule has 3 nitrogen and oxygen atoms in total. The molecule has 0 bridgehead atoms. The van der Waals surface area contributed by atoms with Crippen molar-refractivity contribution in [2.75, 3.05) is 0 Å². The summed E-state index contributed by atoms with van der Waals surface area (Å²) in [6, 6.07) is 10.9. The number of carbonyl (C=O) groups is 1. The Kier molecular flexibility index (Phi) is 3.28. The second kappa shape index (κ2) is 4.87. The van der Waals surface area contributed by atoms with E-state index in [9.17, 15) is 4.79 Å². The largest absolute Gasteiger partial charge is 0.464 e. The standard InChI is InChI=1S/C14H14O3/c1-10(2)17-14(15)12-7-5-11(6-8-12)13-4-3-9-16-13/h3-10H,1-2H3. The lowest BCUT2D eigenvalue weighted by Crippen LogP contribution is -2.11. The van der Waals surface area contributed by atoms with Crippen LogP contribution in [0.3, 0.4) is 0 Å². The van der Waals surface area contributed by atoms with Gasteiger partial charge in [0.1, 0.15) is 5.76 Å². The van der Waals surface area contributed by atoms with E-state index in [1.165, 1.54) is 0 Å². The van der Waals surface area contributed by atoms with Crippen LogP contribution in [0.25, 0.3) is 11.3 Å². The van der Waals surface area contributed by atoms with E-state index in [1.807, 2.05) is 38.1 Å². The Hall–Kier alpha value is -2.03. The van der Waals surface area contributed by atoms with Crippen molar-refractivity contribution in [1.82, 2.24) is 0 Å². The average Bonchev–Trinajstić information content (AvgIpc) is 2.82. The molecule has 0 spiro atoms. The summed E-state index contributed by atoms with van der Waals surface area (Å²) in [7, 11) is 0. The summed E-state index contributed by atoms with van der Waals surface area (Å²) in [6.07, 6.45) is 1.52. The summed E-state index contributed by atoms with van der Waals surface area (Å²) in [4.78, 5) is 11.6. The number of furan rings is 1. The molecule has 0 unspecified atom stereocenters. The molecule has 0 radical (unpaired) electrons.